The van der Waals surface area contributed by atoms with Crippen molar-refractivity contribution in [2.75, 3.05) is 19.8 Å². The van der Waals surface area contributed by atoms with Crippen LogP contribution in [-0.4, -0.2) is 44.4 Å². The highest BCUT2D eigenvalue weighted by Gasteiger charge is 2.21. The van der Waals surface area contributed by atoms with Gasteiger partial charge in [0.05, 0.1) is 25.6 Å². The second-order valence-electron chi connectivity index (χ2n) is 6.89. The molecule has 0 unspecified atom stereocenters. The highest BCUT2D eigenvalue weighted by molar-refractivity contribution is 7.71. The SMILES string of the molecule is CCOc1cc2c(cc1OCC)CN(Cn1nnn(-c3ccccc3)c1=S)CC2. The molecule has 1 aromatic heterocycles. The average molecular weight is 412 g/mol. The zero-order valence-electron chi connectivity index (χ0n) is 16.7. The van der Waals surface area contributed by atoms with Gasteiger partial charge in [0.25, 0.3) is 0 Å². The van der Waals surface area contributed by atoms with E-state index in [9.17, 15) is 0 Å². The van der Waals surface area contributed by atoms with Gasteiger partial charge in [-0.05, 0) is 78.3 Å². The highest BCUT2D eigenvalue weighted by Crippen LogP contribution is 2.34. The number of benzene rings is 2. The minimum atomic E-state index is 0.587. The molecule has 8 heteroatoms. The van der Waals surface area contributed by atoms with Crippen molar-refractivity contribution in [1.29, 1.82) is 0 Å². The van der Waals surface area contributed by atoms with Crippen molar-refractivity contribution in [3.05, 3.63) is 58.4 Å². The molecule has 0 saturated heterocycles. The van der Waals surface area contributed by atoms with Crippen molar-refractivity contribution in [2.45, 2.75) is 33.5 Å². The van der Waals surface area contributed by atoms with Crippen LogP contribution in [0.2, 0.25) is 0 Å². The van der Waals surface area contributed by atoms with Gasteiger partial charge in [0, 0.05) is 13.1 Å². The Morgan fingerprint density at radius 3 is 2.34 bits per heavy atom. The number of para-hydroxylation sites is 1. The molecule has 4 rings (SSSR count). The van der Waals surface area contributed by atoms with E-state index < -0.39 is 0 Å². The lowest BCUT2D eigenvalue weighted by Crippen LogP contribution is -2.33. The Hall–Kier alpha value is -2.71. The first-order valence-electron chi connectivity index (χ1n) is 9.91. The van der Waals surface area contributed by atoms with E-state index in [1.807, 2.05) is 44.2 Å². The number of hydrogen-bond donors (Lipinski definition) is 0. The van der Waals surface area contributed by atoms with Gasteiger partial charge < -0.3 is 9.47 Å². The summed E-state index contributed by atoms with van der Waals surface area (Å²) in [7, 11) is 0. The smallest absolute Gasteiger partial charge is 0.221 e. The van der Waals surface area contributed by atoms with Gasteiger partial charge in [-0.3, -0.25) is 4.90 Å². The zero-order valence-corrected chi connectivity index (χ0v) is 17.6. The third-order valence-electron chi connectivity index (χ3n) is 4.93. The van der Waals surface area contributed by atoms with E-state index >= 15 is 0 Å². The van der Waals surface area contributed by atoms with Crippen molar-refractivity contribution in [3.8, 4) is 17.2 Å². The van der Waals surface area contributed by atoms with Gasteiger partial charge in [-0.15, -0.1) is 0 Å². The predicted octanol–water partition coefficient (Wildman–Crippen LogP) is 3.61. The molecule has 0 radical (unpaired) electrons. The molecule has 0 N–H and O–H groups in total. The Balaban J connectivity index is 1.53. The van der Waals surface area contributed by atoms with E-state index in [2.05, 4.69) is 27.5 Å². The topological polar surface area (TPSA) is 57.3 Å². The van der Waals surface area contributed by atoms with Gasteiger partial charge in [0.1, 0.15) is 0 Å². The number of rotatable bonds is 7. The fraction of sp³-hybridized carbons (Fsp3) is 0.381. The maximum absolute atomic E-state index is 5.79. The second-order valence-corrected chi connectivity index (χ2v) is 7.25. The summed E-state index contributed by atoms with van der Waals surface area (Å²) in [4.78, 5) is 2.32. The first-order valence-corrected chi connectivity index (χ1v) is 10.3. The maximum Gasteiger partial charge on any atom is 0.221 e. The lowest BCUT2D eigenvalue weighted by atomic mass is 9.99. The standard InChI is InChI=1S/C21H25N5O2S/c1-3-27-19-12-16-10-11-24(14-17(16)13-20(19)28-4-2)15-25-21(29)26(23-22-25)18-8-6-5-7-9-18/h5-9,12-13H,3-4,10-11,14-15H2,1-2H3. The van der Waals surface area contributed by atoms with Crippen LogP contribution in [0.4, 0.5) is 0 Å². The molecule has 0 spiro atoms. The van der Waals surface area contributed by atoms with Crippen LogP contribution >= 0.6 is 12.2 Å². The summed E-state index contributed by atoms with van der Waals surface area (Å²) in [5, 5.41) is 8.50. The Morgan fingerprint density at radius 2 is 1.66 bits per heavy atom. The first-order chi connectivity index (χ1) is 14.2. The van der Waals surface area contributed by atoms with E-state index in [4.69, 9.17) is 21.7 Å². The summed E-state index contributed by atoms with van der Waals surface area (Å²) in [5.41, 5.74) is 3.48. The molecule has 2 heterocycles. The van der Waals surface area contributed by atoms with Crippen molar-refractivity contribution in [3.63, 3.8) is 0 Å². The molecule has 0 saturated carbocycles. The van der Waals surface area contributed by atoms with Gasteiger partial charge in [0.15, 0.2) is 11.5 Å². The molecule has 0 atom stereocenters. The normalized spacial score (nSPS) is 13.9. The predicted molar refractivity (Wildman–Crippen MR) is 113 cm³/mol. The van der Waals surface area contributed by atoms with Gasteiger partial charge in [0.2, 0.25) is 4.77 Å². The summed E-state index contributed by atoms with van der Waals surface area (Å²) in [6.45, 7) is 7.54. The molecule has 7 nitrogen and oxygen atoms in total. The number of ether oxygens (including phenoxy) is 2. The van der Waals surface area contributed by atoms with Gasteiger partial charge in [-0.2, -0.15) is 4.68 Å². The lowest BCUT2D eigenvalue weighted by Gasteiger charge is -2.29. The monoisotopic (exact) mass is 411 g/mol. The summed E-state index contributed by atoms with van der Waals surface area (Å²) >= 11 is 5.59. The molecule has 152 valence electrons. The molecule has 1 aliphatic heterocycles. The van der Waals surface area contributed by atoms with Crippen LogP contribution in [0.3, 0.4) is 0 Å². The minimum Gasteiger partial charge on any atom is -0.490 e. The quantitative estimate of drug-likeness (QED) is 0.554. The number of fused-ring (bicyclic) bond motifs is 1. The van der Waals surface area contributed by atoms with Crippen molar-refractivity contribution < 1.29 is 9.47 Å². The Morgan fingerprint density at radius 1 is 0.966 bits per heavy atom. The third-order valence-corrected chi connectivity index (χ3v) is 5.31. The fourth-order valence-electron chi connectivity index (χ4n) is 3.56. The molecule has 0 aliphatic carbocycles. The van der Waals surface area contributed by atoms with Crippen LogP contribution in [-0.2, 0) is 19.6 Å². The molecule has 3 aromatic rings. The number of hydrogen-bond acceptors (Lipinski definition) is 6. The van der Waals surface area contributed by atoms with Crippen molar-refractivity contribution >= 4 is 12.2 Å². The van der Waals surface area contributed by atoms with E-state index in [1.54, 1.807) is 9.36 Å². The van der Waals surface area contributed by atoms with Crippen LogP contribution in [0.1, 0.15) is 25.0 Å². The Kier molecular flexibility index (Phi) is 5.92. The van der Waals surface area contributed by atoms with Crippen LogP contribution in [0, 0.1) is 4.77 Å². The van der Waals surface area contributed by atoms with Gasteiger partial charge >= 0.3 is 0 Å². The summed E-state index contributed by atoms with van der Waals surface area (Å²) in [5.74, 6) is 1.64. The highest BCUT2D eigenvalue weighted by atomic mass is 32.1. The molecular weight excluding hydrogens is 386 g/mol. The summed E-state index contributed by atoms with van der Waals surface area (Å²) in [6.07, 6.45) is 0.946. The first kappa shape index (κ1) is 19.6. The molecule has 29 heavy (non-hydrogen) atoms. The number of nitrogens with zero attached hydrogens (tertiary/aromatic N) is 5. The maximum atomic E-state index is 5.79. The Bertz CT molecular complexity index is 1030. The van der Waals surface area contributed by atoms with E-state index in [0.717, 1.165) is 36.7 Å². The minimum absolute atomic E-state index is 0.587. The molecule has 0 bridgehead atoms. The average Bonchev–Trinajstić information content (AvgIpc) is 3.10. The summed E-state index contributed by atoms with van der Waals surface area (Å²) in [6, 6.07) is 14.1. The molecule has 0 fully saturated rings. The molecule has 2 aromatic carbocycles. The van der Waals surface area contributed by atoms with Crippen LogP contribution in [0.25, 0.3) is 5.69 Å². The second kappa shape index (κ2) is 8.75. The van der Waals surface area contributed by atoms with Gasteiger partial charge in [-0.25, -0.2) is 4.68 Å². The lowest BCUT2D eigenvalue weighted by molar-refractivity contribution is 0.185. The largest absolute Gasteiger partial charge is 0.490 e. The number of tetrazole rings is 1. The van der Waals surface area contributed by atoms with Crippen molar-refractivity contribution in [2.24, 2.45) is 0 Å². The van der Waals surface area contributed by atoms with Gasteiger partial charge in [-0.1, -0.05) is 18.2 Å². The third kappa shape index (κ3) is 4.18. The van der Waals surface area contributed by atoms with E-state index in [0.29, 0.717) is 24.7 Å². The Labute approximate surface area is 175 Å². The van der Waals surface area contributed by atoms with Crippen LogP contribution in [0.5, 0.6) is 11.5 Å². The van der Waals surface area contributed by atoms with E-state index in [1.165, 1.54) is 11.1 Å². The molecule has 0 amide bonds. The van der Waals surface area contributed by atoms with Crippen molar-refractivity contribution in [1.82, 2.24) is 24.7 Å². The molecule has 1 aliphatic rings. The summed E-state index contributed by atoms with van der Waals surface area (Å²) < 4.78 is 15.6. The molecular formula is C21H25N5O2S. The fourth-order valence-corrected chi connectivity index (χ4v) is 3.80. The van der Waals surface area contributed by atoms with E-state index in [-0.39, 0.29) is 0 Å². The van der Waals surface area contributed by atoms with Crippen LogP contribution < -0.4 is 9.47 Å². The number of aromatic nitrogens is 4. The van der Waals surface area contributed by atoms with Crippen LogP contribution in [0.15, 0.2) is 42.5 Å². The zero-order chi connectivity index (χ0) is 20.2.